The van der Waals surface area contributed by atoms with E-state index in [9.17, 15) is 18.0 Å². The maximum absolute atomic E-state index is 13.2. The molecule has 138 valence electrons. The molecule has 0 aliphatic rings. The third-order valence-electron chi connectivity index (χ3n) is 3.25. The molecule has 0 rings (SSSR count). The average molecular weight is 341 g/mol. The van der Waals surface area contributed by atoms with Gasteiger partial charge in [-0.1, -0.05) is 26.7 Å². The van der Waals surface area contributed by atoms with Crippen LogP contribution in [0.15, 0.2) is 0 Å². The molecule has 23 heavy (non-hydrogen) atoms. The number of ether oxygens (including phenoxy) is 1. The van der Waals surface area contributed by atoms with Crippen molar-refractivity contribution in [1.82, 2.24) is 5.32 Å². The van der Waals surface area contributed by atoms with Gasteiger partial charge in [-0.15, -0.1) is 0 Å². The van der Waals surface area contributed by atoms with E-state index in [2.05, 4.69) is 5.32 Å². The van der Waals surface area contributed by atoms with Crippen molar-refractivity contribution >= 4 is 5.97 Å². The summed E-state index contributed by atoms with van der Waals surface area (Å²) < 4.78 is 44.8. The van der Waals surface area contributed by atoms with Crippen molar-refractivity contribution in [2.75, 3.05) is 6.61 Å². The lowest BCUT2D eigenvalue weighted by Crippen LogP contribution is -2.53. The number of nitrogens with one attached hydrogen (secondary N) is 1. The molecule has 0 bridgehead atoms. The van der Waals surface area contributed by atoms with Crippen molar-refractivity contribution in [3.63, 3.8) is 0 Å². The van der Waals surface area contributed by atoms with Crippen molar-refractivity contribution in [2.45, 2.75) is 84.2 Å². The van der Waals surface area contributed by atoms with E-state index in [0.717, 1.165) is 0 Å². The van der Waals surface area contributed by atoms with E-state index >= 15 is 0 Å². The zero-order valence-corrected chi connectivity index (χ0v) is 14.7. The number of esters is 1. The summed E-state index contributed by atoms with van der Waals surface area (Å²) in [6.07, 6.45) is -3.24. The Morgan fingerprint density at radius 1 is 1.13 bits per heavy atom. The van der Waals surface area contributed by atoms with E-state index in [1.165, 1.54) is 0 Å². The highest BCUT2D eigenvalue weighted by molar-refractivity contribution is 5.76. The summed E-state index contributed by atoms with van der Waals surface area (Å²) in [5.74, 6) is -0.996. The summed E-state index contributed by atoms with van der Waals surface area (Å²) >= 11 is 0. The van der Waals surface area contributed by atoms with Crippen LogP contribution in [0.3, 0.4) is 0 Å². The fourth-order valence-corrected chi connectivity index (χ4v) is 2.09. The van der Waals surface area contributed by atoms with Crippen molar-refractivity contribution in [2.24, 2.45) is 5.92 Å². The Balaban J connectivity index is 4.90. The number of halogens is 3. The SMILES string of the molecule is CC(C)[C@H](NC(CCCCCO)C(F)(F)F)C(=O)OC(C)(C)C. The van der Waals surface area contributed by atoms with E-state index in [4.69, 9.17) is 9.84 Å². The molecular formula is C16H30F3NO3. The molecule has 1 unspecified atom stereocenters. The number of aliphatic hydroxyl groups is 1. The number of hydrogen-bond acceptors (Lipinski definition) is 4. The summed E-state index contributed by atoms with van der Waals surface area (Å²) in [4.78, 5) is 12.2. The van der Waals surface area contributed by atoms with Crippen LogP contribution in [0.25, 0.3) is 0 Å². The molecule has 2 N–H and O–H groups in total. The van der Waals surface area contributed by atoms with E-state index in [1.807, 2.05) is 0 Å². The van der Waals surface area contributed by atoms with Gasteiger partial charge in [0.05, 0.1) is 0 Å². The monoisotopic (exact) mass is 341 g/mol. The van der Waals surface area contributed by atoms with Gasteiger partial charge in [0.15, 0.2) is 0 Å². The second-order valence-electron chi connectivity index (χ2n) is 7.09. The lowest BCUT2D eigenvalue weighted by atomic mass is 10.0. The minimum absolute atomic E-state index is 0.0311. The summed E-state index contributed by atoms with van der Waals surface area (Å²) in [5, 5.41) is 11.1. The van der Waals surface area contributed by atoms with Crippen molar-refractivity contribution in [3.05, 3.63) is 0 Å². The molecule has 0 heterocycles. The molecule has 0 saturated carbocycles. The molecule has 2 atom stereocenters. The highest BCUT2D eigenvalue weighted by Crippen LogP contribution is 2.26. The fourth-order valence-electron chi connectivity index (χ4n) is 2.09. The molecule has 0 amide bonds. The molecule has 0 aromatic rings. The molecule has 0 saturated heterocycles. The number of unbranched alkanes of at least 4 members (excludes halogenated alkanes) is 2. The van der Waals surface area contributed by atoms with Gasteiger partial charge in [0.25, 0.3) is 0 Å². The largest absolute Gasteiger partial charge is 0.459 e. The van der Waals surface area contributed by atoms with Crippen LogP contribution in [0.1, 0.15) is 60.3 Å². The van der Waals surface area contributed by atoms with E-state index in [0.29, 0.717) is 19.3 Å². The molecule has 0 spiro atoms. The van der Waals surface area contributed by atoms with Gasteiger partial charge in [0.1, 0.15) is 17.7 Å². The maximum Gasteiger partial charge on any atom is 0.403 e. The smallest absolute Gasteiger partial charge is 0.403 e. The van der Waals surface area contributed by atoms with Crippen LogP contribution >= 0.6 is 0 Å². The number of hydrogen-bond donors (Lipinski definition) is 2. The Morgan fingerprint density at radius 2 is 1.70 bits per heavy atom. The molecule has 4 nitrogen and oxygen atoms in total. The fraction of sp³-hybridized carbons (Fsp3) is 0.938. The number of rotatable bonds is 9. The first-order valence-electron chi connectivity index (χ1n) is 8.05. The number of carbonyl (C=O) groups excluding carboxylic acids is 1. The van der Waals surface area contributed by atoms with Crippen molar-refractivity contribution < 1.29 is 27.8 Å². The van der Waals surface area contributed by atoms with Gasteiger partial charge in [-0.25, -0.2) is 0 Å². The number of alkyl halides is 3. The molecule has 0 aliphatic heterocycles. The quantitative estimate of drug-likeness (QED) is 0.498. The zero-order chi connectivity index (χ0) is 18.3. The normalized spacial score (nSPS) is 15.6. The van der Waals surface area contributed by atoms with Gasteiger partial charge in [0.2, 0.25) is 0 Å². The minimum atomic E-state index is -4.44. The van der Waals surface area contributed by atoms with Crippen LogP contribution < -0.4 is 5.32 Å². The van der Waals surface area contributed by atoms with Gasteiger partial charge < -0.3 is 9.84 Å². The molecule has 0 aromatic heterocycles. The van der Waals surface area contributed by atoms with Gasteiger partial charge in [-0.3, -0.25) is 10.1 Å². The molecule has 0 aromatic carbocycles. The summed E-state index contributed by atoms with van der Waals surface area (Å²) in [6, 6.07) is -2.78. The Hall–Kier alpha value is -0.820. The summed E-state index contributed by atoms with van der Waals surface area (Å²) in [7, 11) is 0. The van der Waals surface area contributed by atoms with Crippen LogP contribution in [0.5, 0.6) is 0 Å². The van der Waals surface area contributed by atoms with E-state index < -0.39 is 29.8 Å². The first-order valence-corrected chi connectivity index (χ1v) is 8.05. The lowest BCUT2D eigenvalue weighted by Gasteiger charge is -2.31. The summed E-state index contributed by atoms with van der Waals surface area (Å²) in [6.45, 7) is 8.37. The lowest BCUT2D eigenvalue weighted by molar-refractivity contribution is -0.170. The van der Waals surface area contributed by atoms with Crippen molar-refractivity contribution in [1.29, 1.82) is 0 Å². The molecule has 7 heteroatoms. The molecule has 0 fully saturated rings. The van der Waals surface area contributed by atoms with Gasteiger partial charge in [-0.2, -0.15) is 13.2 Å². The molecule has 0 aliphatic carbocycles. The standard InChI is InChI=1S/C16H30F3NO3/c1-11(2)13(14(22)23-15(3,4)5)20-12(16(17,18)19)9-7-6-8-10-21/h11-13,20-21H,6-10H2,1-5H3/t12?,13-/m0/s1. The Bertz CT molecular complexity index is 351. The predicted octanol–water partition coefficient (Wildman–Crippen LogP) is 3.43. The number of carbonyl (C=O) groups is 1. The van der Waals surface area contributed by atoms with Crippen LogP contribution in [0, 0.1) is 5.92 Å². The highest BCUT2D eigenvalue weighted by atomic mass is 19.4. The first-order chi connectivity index (χ1) is 10.4. The second-order valence-corrected chi connectivity index (χ2v) is 7.09. The maximum atomic E-state index is 13.2. The van der Waals surface area contributed by atoms with Crippen LogP contribution in [0.4, 0.5) is 13.2 Å². The second kappa shape index (κ2) is 9.47. The predicted molar refractivity (Wildman–Crippen MR) is 83.0 cm³/mol. The molecule has 0 radical (unpaired) electrons. The highest BCUT2D eigenvalue weighted by Gasteiger charge is 2.42. The number of aliphatic hydroxyl groups excluding tert-OH is 1. The van der Waals surface area contributed by atoms with Crippen LogP contribution in [-0.2, 0) is 9.53 Å². The topological polar surface area (TPSA) is 58.6 Å². The van der Waals surface area contributed by atoms with Gasteiger partial charge in [-0.05, 0) is 39.5 Å². The Kier molecular flexibility index (Phi) is 9.13. The Labute approximate surface area is 136 Å². The average Bonchev–Trinajstić information content (AvgIpc) is 2.33. The van der Waals surface area contributed by atoms with Crippen LogP contribution in [0.2, 0.25) is 0 Å². The van der Waals surface area contributed by atoms with Crippen LogP contribution in [-0.4, -0.2) is 41.5 Å². The minimum Gasteiger partial charge on any atom is -0.459 e. The van der Waals surface area contributed by atoms with E-state index in [-0.39, 0.29) is 18.9 Å². The Morgan fingerprint density at radius 3 is 2.09 bits per heavy atom. The van der Waals surface area contributed by atoms with Gasteiger partial charge in [0, 0.05) is 6.61 Å². The first kappa shape index (κ1) is 22.2. The third kappa shape index (κ3) is 9.81. The van der Waals surface area contributed by atoms with Crippen molar-refractivity contribution in [3.8, 4) is 0 Å². The van der Waals surface area contributed by atoms with E-state index in [1.54, 1.807) is 34.6 Å². The summed E-state index contributed by atoms with van der Waals surface area (Å²) in [5.41, 5.74) is -0.749. The van der Waals surface area contributed by atoms with Gasteiger partial charge >= 0.3 is 12.1 Å². The molecular weight excluding hydrogens is 311 g/mol. The third-order valence-corrected chi connectivity index (χ3v) is 3.25. The zero-order valence-electron chi connectivity index (χ0n) is 14.7.